The van der Waals surface area contributed by atoms with Crippen molar-refractivity contribution in [3.63, 3.8) is 0 Å². The van der Waals surface area contributed by atoms with Gasteiger partial charge in [-0.05, 0) is 55.2 Å². The molecule has 1 aliphatic rings. The first-order valence-electron chi connectivity index (χ1n) is 7.61. The van der Waals surface area contributed by atoms with Crippen molar-refractivity contribution in [1.29, 1.82) is 0 Å². The van der Waals surface area contributed by atoms with Crippen molar-refractivity contribution in [2.45, 2.75) is 32.4 Å². The van der Waals surface area contributed by atoms with Gasteiger partial charge in [-0.15, -0.1) is 0 Å². The molecule has 1 atom stereocenters. The average molecular weight is 348 g/mol. The quantitative estimate of drug-likeness (QED) is 0.594. The van der Waals surface area contributed by atoms with Gasteiger partial charge in [0.05, 0.1) is 11.1 Å². The molecule has 0 fully saturated rings. The van der Waals surface area contributed by atoms with Gasteiger partial charge < -0.3 is 4.74 Å². The minimum Gasteiger partial charge on any atom is -0.386 e. The number of ether oxygens (including phenoxy) is 1. The van der Waals surface area contributed by atoms with Crippen LogP contribution in [0.4, 0.5) is 13.2 Å². The first-order valence-corrected chi connectivity index (χ1v) is 7.61. The van der Waals surface area contributed by atoms with E-state index < -0.39 is 23.5 Å². The second kappa shape index (κ2) is 5.44. The van der Waals surface area contributed by atoms with Crippen LogP contribution in [0.15, 0.2) is 36.4 Å². The highest BCUT2D eigenvalue weighted by molar-refractivity contribution is 6.14. The zero-order valence-corrected chi connectivity index (χ0v) is 13.8. The van der Waals surface area contributed by atoms with Crippen LogP contribution in [0.3, 0.4) is 0 Å². The molecular formula is C19H15F3O3. The number of carbonyl (C=O) groups excluding carboxylic acids is 2. The van der Waals surface area contributed by atoms with Crippen molar-refractivity contribution in [3.8, 4) is 0 Å². The minimum atomic E-state index is -4.60. The number of carbonyl (C=O) groups is 2. The molecule has 25 heavy (non-hydrogen) atoms. The molecule has 2 aromatic rings. The van der Waals surface area contributed by atoms with Crippen LogP contribution >= 0.6 is 0 Å². The first-order chi connectivity index (χ1) is 11.6. The SMILES string of the molecule is Cc1ccc(C(C)(c2ccc3c(c2)C(=O)OC3=O)C(F)(F)F)cc1C. The van der Waals surface area contributed by atoms with Crippen LogP contribution in [0, 0.1) is 13.8 Å². The summed E-state index contributed by atoms with van der Waals surface area (Å²) in [6, 6.07) is 8.11. The lowest BCUT2D eigenvalue weighted by atomic mass is 9.74. The lowest BCUT2D eigenvalue weighted by Crippen LogP contribution is -2.40. The maximum Gasteiger partial charge on any atom is 0.402 e. The number of benzene rings is 2. The Kier molecular flexibility index (Phi) is 3.74. The number of alkyl halides is 3. The molecule has 0 radical (unpaired) electrons. The van der Waals surface area contributed by atoms with Crippen LogP contribution in [0.1, 0.15) is 49.9 Å². The Morgan fingerprint density at radius 3 is 1.96 bits per heavy atom. The van der Waals surface area contributed by atoms with Crippen LogP contribution < -0.4 is 0 Å². The first kappa shape index (κ1) is 17.2. The van der Waals surface area contributed by atoms with Crippen molar-refractivity contribution < 1.29 is 27.5 Å². The summed E-state index contributed by atoms with van der Waals surface area (Å²) in [7, 11) is 0. The van der Waals surface area contributed by atoms with Crippen LogP contribution in [0.5, 0.6) is 0 Å². The molecule has 0 amide bonds. The lowest BCUT2D eigenvalue weighted by molar-refractivity contribution is -0.173. The van der Waals surface area contributed by atoms with Crippen molar-refractivity contribution in [2.24, 2.45) is 0 Å². The number of hydrogen-bond acceptors (Lipinski definition) is 3. The number of esters is 2. The maximum atomic E-state index is 14.1. The van der Waals surface area contributed by atoms with Gasteiger partial charge in [0.1, 0.15) is 5.41 Å². The predicted molar refractivity (Wildman–Crippen MR) is 84.6 cm³/mol. The Balaban J connectivity index is 2.24. The Bertz CT molecular complexity index is 899. The summed E-state index contributed by atoms with van der Waals surface area (Å²) in [5.41, 5.74) is -0.901. The molecule has 0 bridgehead atoms. The smallest absolute Gasteiger partial charge is 0.386 e. The fraction of sp³-hybridized carbons (Fsp3) is 0.263. The highest BCUT2D eigenvalue weighted by atomic mass is 19.4. The topological polar surface area (TPSA) is 43.4 Å². The monoisotopic (exact) mass is 348 g/mol. The van der Waals surface area contributed by atoms with Crippen LogP contribution in [0.2, 0.25) is 0 Å². The van der Waals surface area contributed by atoms with E-state index in [-0.39, 0.29) is 22.3 Å². The highest BCUT2D eigenvalue weighted by Crippen LogP contribution is 2.47. The van der Waals surface area contributed by atoms with Gasteiger partial charge in [0.2, 0.25) is 0 Å². The average Bonchev–Trinajstić information content (AvgIpc) is 2.82. The van der Waals surface area contributed by atoms with Crippen LogP contribution in [-0.4, -0.2) is 18.1 Å². The minimum absolute atomic E-state index is 0.0154. The number of halogens is 3. The summed E-state index contributed by atoms with van der Waals surface area (Å²) in [5, 5.41) is 0. The molecule has 3 rings (SSSR count). The zero-order chi connectivity index (χ0) is 18.6. The Morgan fingerprint density at radius 2 is 1.36 bits per heavy atom. The Labute approximate surface area is 142 Å². The van der Waals surface area contributed by atoms with Gasteiger partial charge >= 0.3 is 18.1 Å². The third-order valence-electron chi connectivity index (χ3n) is 4.87. The van der Waals surface area contributed by atoms with E-state index in [0.717, 1.165) is 24.1 Å². The summed E-state index contributed by atoms with van der Waals surface area (Å²) in [6.07, 6.45) is -4.60. The third-order valence-corrected chi connectivity index (χ3v) is 4.87. The molecule has 1 aliphatic heterocycles. The summed E-state index contributed by atoms with van der Waals surface area (Å²) < 4.78 is 46.6. The number of rotatable bonds is 2. The lowest BCUT2D eigenvalue weighted by Gasteiger charge is -2.33. The second-order valence-corrected chi connectivity index (χ2v) is 6.36. The fourth-order valence-electron chi connectivity index (χ4n) is 2.94. The summed E-state index contributed by atoms with van der Waals surface area (Å²) >= 11 is 0. The second-order valence-electron chi connectivity index (χ2n) is 6.36. The number of cyclic esters (lactones) is 2. The summed E-state index contributed by atoms with van der Waals surface area (Å²) in [5.74, 6) is -1.77. The molecule has 130 valence electrons. The van der Waals surface area contributed by atoms with Crippen molar-refractivity contribution in [2.75, 3.05) is 0 Å². The van der Waals surface area contributed by atoms with Gasteiger partial charge in [0.25, 0.3) is 0 Å². The molecule has 0 N–H and O–H groups in total. The van der Waals surface area contributed by atoms with E-state index in [1.807, 2.05) is 6.92 Å². The molecule has 2 aromatic carbocycles. The van der Waals surface area contributed by atoms with E-state index >= 15 is 0 Å². The summed E-state index contributed by atoms with van der Waals surface area (Å²) in [4.78, 5) is 23.2. The molecule has 0 saturated carbocycles. The maximum absolute atomic E-state index is 14.1. The largest absolute Gasteiger partial charge is 0.402 e. The van der Waals surface area contributed by atoms with Crippen molar-refractivity contribution in [3.05, 3.63) is 69.8 Å². The molecule has 1 unspecified atom stereocenters. The van der Waals surface area contributed by atoms with E-state index in [0.29, 0.717) is 0 Å². The molecule has 6 heteroatoms. The molecule has 0 saturated heterocycles. The molecule has 1 heterocycles. The van der Waals surface area contributed by atoms with Gasteiger partial charge in [0, 0.05) is 0 Å². The van der Waals surface area contributed by atoms with E-state index in [2.05, 4.69) is 4.74 Å². The number of aryl methyl sites for hydroxylation is 2. The van der Waals surface area contributed by atoms with Gasteiger partial charge in [0.15, 0.2) is 0 Å². The van der Waals surface area contributed by atoms with E-state index in [1.54, 1.807) is 13.0 Å². The van der Waals surface area contributed by atoms with Crippen LogP contribution in [-0.2, 0) is 10.2 Å². The van der Waals surface area contributed by atoms with E-state index in [9.17, 15) is 22.8 Å². The van der Waals surface area contributed by atoms with Crippen molar-refractivity contribution in [1.82, 2.24) is 0 Å². The van der Waals surface area contributed by atoms with Crippen LogP contribution in [0.25, 0.3) is 0 Å². The number of fused-ring (bicyclic) bond motifs is 1. The Hall–Kier alpha value is -2.63. The molecule has 0 aromatic heterocycles. The summed E-state index contributed by atoms with van der Waals surface area (Å²) in [6.45, 7) is 4.64. The van der Waals surface area contributed by atoms with Gasteiger partial charge in [-0.3, -0.25) is 0 Å². The fourth-order valence-corrected chi connectivity index (χ4v) is 2.94. The van der Waals surface area contributed by atoms with Gasteiger partial charge in [-0.25, -0.2) is 9.59 Å². The van der Waals surface area contributed by atoms with E-state index in [4.69, 9.17) is 0 Å². The van der Waals surface area contributed by atoms with Gasteiger partial charge in [-0.1, -0.05) is 24.3 Å². The standard InChI is InChI=1S/C19H15F3O3/c1-10-4-5-12(8-11(10)2)18(3,19(20,21)22)13-6-7-14-15(9-13)17(24)25-16(14)23/h4-9H,1-3H3. The van der Waals surface area contributed by atoms with E-state index in [1.165, 1.54) is 24.3 Å². The molecule has 3 nitrogen and oxygen atoms in total. The zero-order valence-electron chi connectivity index (χ0n) is 13.8. The normalized spacial score (nSPS) is 16.4. The molecule has 0 aliphatic carbocycles. The third kappa shape index (κ3) is 2.52. The number of hydrogen-bond donors (Lipinski definition) is 0. The Morgan fingerprint density at radius 1 is 0.800 bits per heavy atom. The predicted octanol–water partition coefficient (Wildman–Crippen LogP) is 4.48. The van der Waals surface area contributed by atoms with Gasteiger partial charge in [-0.2, -0.15) is 13.2 Å². The molecular weight excluding hydrogens is 333 g/mol. The molecule has 0 spiro atoms. The highest BCUT2D eigenvalue weighted by Gasteiger charge is 2.54. The van der Waals surface area contributed by atoms with Crippen molar-refractivity contribution >= 4 is 11.9 Å².